The zero-order valence-corrected chi connectivity index (χ0v) is 12.7. The molecule has 0 aliphatic rings. The quantitative estimate of drug-likeness (QED) is 0.440. The highest BCUT2D eigenvalue weighted by atomic mass is 13.7. The van der Waals surface area contributed by atoms with Crippen LogP contribution in [0.2, 0.25) is 0 Å². The molecule has 0 radical (unpaired) electrons. The Morgan fingerprint density at radius 1 is 0.381 bits per heavy atom. The predicted molar refractivity (Wildman–Crippen MR) is 98.1 cm³/mol. The maximum absolute atomic E-state index is 3.60. The molecule has 0 rings (SSSR count). The second-order valence-electron chi connectivity index (χ2n) is 3.84. The highest BCUT2D eigenvalue weighted by Gasteiger charge is 1.64. The lowest BCUT2D eigenvalue weighted by Gasteiger charge is -1.75. The van der Waals surface area contributed by atoms with Crippen LogP contribution >= 0.6 is 0 Å². The standard InChI is InChI=1S/C21H24/c1-3-5-7-9-11-13-15-17-19-21-20-18-16-14-12-10-8-6-4-2/h3-21H,1H2,2H3/b6-4+,7-5+,10-8+,11-9+,14-12+,15-13+,18-16+,19-17+,21-20+. The van der Waals surface area contributed by atoms with Crippen molar-refractivity contribution in [3.63, 3.8) is 0 Å². The van der Waals surface area contributed by atoms with Gasteiger partial charge in [-0.2, -0.15) is 0 Å². The van der Waals surface area contributed by atoms with Gasteiger partial charge < -0.3 is 0 Å². The Morgan fingerprint density at radius 3 is 0.857 bits per heavy atom. The third-order valence-electron chi connectivity index (χ3n) is 2.11. The van der Waals surface area contributed by atoms with Crippen LogP contribution in [0.4, 0.5) is 0 Å². The fraction of sp³-hybridized carbons (Fsp3) is 0.0476. The molecule has 0 heterocycles. The lowest BCUT2D eigenvalue weighted by molar-refractivity contribution is 1.73. The lowest BCUT2D eigenvalue weighted by Crippen LogP contribution is -1.53. The van der Waals surface area contributed by atoms with Crippen LogP contribution in [0.25, 0.3) is 0 Å². The van der Waals surface area contributed by atoms with E-state index in [9.17, 15) is 0 Å². The Kier molecular flexibility index (Phi) is 15.2. The molecule has 0 bridgehead atoms. The molecule has 0 heteroatoms. The summed E-state index contributed by atoms with van der Waals surface area (Å²) in [7, 11) is 0. The van der Waals surface area contributed by atoms with E-state index in [2.05, 4.69) is 6.58 Å². The van der Waals surface area contributed by atoms with Crippen LogP contribution in [0, 0.1) is 0 Å². The summed E-state index contributed by atoms with van der Waals surface area (Å²) in [6.07, 6.45) is 37.4. The average Bonchev–Trinajstić information content (AvgIpc) is 2.50. The summed E-state index contributed by atoms with van der Waals surface area (Å²) < 4.78 is 0. The van der Waals surface area contributed by atoms with E-state index in [0.717, 1.165) is 0 Å². The summed E-state index contributed by atoms with van der Waals surface area (Å²) in [5.74, 6) is 0. The first-order valence-corrected chi connectivity index (χ1v) is 6.99. The molecule has 0 fully saturated rings. The van der Waals surface area contributed by atoms with E-state index in [0.29, 0.717) is 0 Å². The summed E-state index contributed by atoms with van der Waals surface area (Å²) in [4.78, 5) is 0. The molecule has 0 saturated carbocycles. The van der Waals surface area contributed by atoms with Crippen LogP contribution in [0.3, 0.4) is 0 Å². The molecule has 21 heavy (non-hydrogen) atoms. The fourth-order valence-electron chi connectivity index (χ4n) is 1.15. The smallest absolute Gasteiger partial charge is 0.0467 e. The third kappa shape index (κ3) is 17.4. The van der Waals surface area contributed by atoms with Gasteiger partial charge in [-0.05, 0) is 6.92 Å². The zero-order chi connectivity index (χ0) is 15.4. The Morgan fingerprint density at radius 2 is 0.619 bits per heavy atom. The topological polar surface area (TPSA) is 0 Å². The Labute approximate surface area is 129 Å². The van der Waals surface area contributed by atoms with Gasteiger partial charge in [0, 0.05) is 0 Å². The lowest BCUT2D eigenvalue weighted by atomic mass is 10.3. The molecular weight excluding hydrogens is 252 g/mol. The monoisotopic (exact) mass is 276 g/mol. The van der Waals surface area contributed by atoms with Gasteiger partial charge in [-0.25, -0.2) is 0 Å². The van der Waals surface area contributed by atoms with Gasteiger partial charge in [0.05, 0.1) is 0 Å². The van der Waals surface area contributed by atoms with Gasteiger partial charge >= 0.3 is 0 Å². The van der Waals surface area contributed by atoms with E-state index < -0.39 is 0 Å². The minimum atomic E-state index is 1.75. The van der Waals surface area contributed by atoms with Crippen LogP contribution in [-0.2, 0) is 0 Å². The second kappa shape index (κ2) is 17.4. The van der Waals surface area contributed by atoms with Crippen molar-refractivity contribution in [1.29, 1.82) is 0 Å². The van der Waals surface area contributed by atoms with Crippen molar-refractivity contribution >= 4 is 0 Å². The maximum atomic E-state index is 3.60. The van der Waals surface area contributed by atoms with E-state index >= 15 is 0 Å². The predicted octanol–water partition coefficient (Wildman–Crippen LogP) is 6.20. The van der Waals surface area contributed by atoms with Crippen LogP contribution in [-0.4, -0.2) is 0 Å². The van der Waals surface area contributed by atoms with E-state index in [-0.39, 0.29) is 0 Å². The highest BCUT2D eigenvalue weighted by molar-refractivity contribution is 5.22. The molecule has 0 atom stereocenters. The first-order chi connectivity index (χ1) is 10.4. The minimum absolute atomic E-state index is 1.75. The first-order valence-electron chi connectivity index (χ1n) is 6.99. The molecule has 0 aromatic rings. The highest BCUT2D eigenvalue weighted by Crippen LogP contribution is 1.86. The number of hydrogen-bond donors (Lipinski definition) is 0. The Bertz CT molecular complexity index is 498. The van der Waals surface area contributed by atoms with Gasteiger partial charge in [-0.3, -0.25) is 0 Å². The van der Waals surface area contributed by atoms with Crippen LogP contribution in [0.1, 0.15) is 6.92 Å². The SMILES string of the molecule is C=C/C=C/C=C/C=C/C=C/C=C/C=C/C=C/C=C/C=C/C. The average molecular weight is 276 g/mol. The zero-order valence-electron chi connectivity index (χ0n) is 12.7. The molecule has 0 aliphatic carbocycles. The minimum Gasteiger partial charge on any atom is -0.0991 e. The van der Waals surface area contributed by atoms with E-state index in [1.807, 2.05) is 116 Å². The molecule has 0 unspecified atom stereocenters. The second-order valence-corrected chi connectivity index (χ2v) is 3.84. The van der Waals surface area contributed by atoms with Gasteiger partial charge in [-0.1, -0.05) is 122 Å². The normalized spacial score (nSPS) is 14.3. The molecule has 0 amide bonds. The van der Waals surface area contributed by atoms with E-state index in [1.54, 1.807) is 6.08 Å². The van der Waals surface area contributed by atoms with Crippen molar-refractivity contribution in [2.24, 2.45) is 0 Å². The summed E-state index contributed by atoms with van der Waals surface area (Å²) in [6, 6.07) is 0. The molecular formula is C21H24. The van der Waals surface area contributed by atoms with Crippen LogP contribution in [0.15, 0.2) is 122 Å². The fourth-order valence-corrected chi connectivity index (χ4v) is 1.15. The molecule has 0 aromatic heterocycles. The Hall–Kier alpha value is -2.60. The summed E-state index contributed by atoms with van der Waals surface area (Å²) in [5.41, 5.74) is 0. The van der Waals surface area contributed by atoms with Gasteiger partial charge in [0.15, 0.2) is 0 Å². The summed E-state index contributed by atoms with van der Waals surface area (Å²) in [5, 5.41) is 0. The van der Waals surface area contributed by atoms with Gasteiger partial charge in [-0.15, -0.1) is 0 Å². The van der Waals surface area contributed by atoms with Crippen molar-refractivity contribution in [2.45, 2.75) is 6.92 Å². The van der Waals surface area contributed by atoms with Gasteiger partial charge in [0.2, 0.25) is 0 Å². The van der Waals surface area contributed by atoms with E-state index in [4.69, 9.17) is 0 Å². The number of hydrogen-bond acceptors (Lipinski definition) is 0. The molecule has 0 spiro atoms. The van der Waals surface area contributed by atoms with Crippen molar-refractivity contribution in [1.82, 2.24) is 0 Å². The molecule has 0 aromatic carbocycles. The first kappa shape index (κ1) is 18.4. The third-order valence-corrected chi connectivity index (χ3v) is 2.11. The Balaban J connectivity index is 3.87. The molecule has 0 nitrogen and oxygen atoms in total. The summed E-state index contributed by atoms with van der Waals surface area (Å²) in [6.45, 7) is 5.60. The van der Waals surface area contributed by atoms with Gasteiger partial charge in [0.25, 0.3) is 0 Å². The van der Waals surface area contributed by atoms with E-state index in [1.165, 1.54) is 0 Å². The molecule has 0 N–H and O–H groups in total. The van der Waals surface area contributed by atoms with Crippen molar-refractivity contribution in [3.05, 3.63) is 122 Å². The molecule has 108 valence electrons. The van der Waals surface area contributed by atoms with Crippen LogP contribution < -0.4 is 0 Å². The summed E-state index contributed by atoms with van der Waals surface area (Å²) >= 11 is 0. The van der Waals surface area contributed by atoms with Crippen molar-refractivity contribution < 1.29 is 0 Å². The largest absolute Gasteiger partial charge is 0.0991 e. The number of allylic oxidation sites excluding steroid dienone is 19. The van der Waals surface area contributed by atoms with Gasteiger partial charge in [0.1, 0.15) is 0 Å². The molecule has 0 saturated heterocycles. The van der Waals surface area contributed by atoms with Crippen molar-refractivity contribution in [2.75, 3.05) is 0 Å². The van der Waals surface area contributed by atoms with Crippen LogP contribution in [0.5, 0.6) is 0 Å². The maximum Gasteiger partial charge on any atom is -0.0467 e. The molecule has 0 aliphatic heterocycles. The number of rotatable bonds is 9. The van der Waals surface area contributed by atoms with Crippen molar-refractivity contribution in [3.8, 4) is 0 Å².